The molecule has 6 heteroatoms. The van der Waals surface area contributed by atoms with Gasteiger partial charge in [0.15, 0.2) is 5.76 Å². The van der Waals surface area contributed by atoms with Gasteiger partial charge in [0.25, 0.3) is 5.89 Å². The van der Waals surface area contributed by atoms with Crippen molar-refractivity contribution in [1.29, 1.82) is 0 Å². The van der Waals surface area contributed by atoms with Crippen LogP contribution in [0.3, 0.4) is 0 Å². The van der Waals surface area contributed by atoms with Crippen LogP contribution in [0.2, 0.25) is 0 Å². The molecule has 0 saturated carbocycles. The lowest BCUT2D eigenvalue weighted by Crippen LogP contribution is -2.49. The number of carbonyl (C=O) groups is 1. The first-order valence-corrected chi connectivity index (χ1v) is 7.21. The molecule has 2 aromatic rings. The van der Waals surface area contributed by atoms with Gasteiger partial charge in [0, 0.05) is 50.2 Å². The summed E-state index contributed by atoms with van der Waals surface area (Å²) in [7, 11) is 0. The van der Waals surface area contributed by atoms with Crippen molar-refractivity contribution in [3.8, 4) is 11.3 Å². The highest BCUT2D eigenvalue weighted by atomic mass is 16.4. The first-order valence-electron chi connectivity index (χ1n) is 7.21. The Morgan fingerprint density at radius 3 is 3.10 bits per heavy atom. The van der Waals surface area contributed by atoms with E-state index in [1.54, 1.807) is 18.6 Å². The summed E-state index contributed by atoms with van der Waals surface area (Å²) >= 11 is 0. The van der Waals surface area contributed by atoms with Gasteiger partial charge in [-0.3, -0.25) is 14.7 Å². The molecule has 2 bridgehead atoms. The molecule has 2 aromatic heterocycles. The molecule has 2 saturated heterocycles. The van der Waals surface area contributed by atoms with Crippen molar-refractivity contribution in [1.82, 2.24) is 19.8 Å². The molecule has 4 heterocycles. The van der Waals surface area contributed by atoms with Crippen molar-refractivity contribution in [2.24, 2.45) is 0 Å². The van der Waals surface area contributed by atoms with Crippen molar-refractivity contribution in [2.75, 3.05) is 26.2 Å². The lowest BCUT2D eigenvalue weighted by Gasteiger charge is -2.33. The van der Waals surface area contributed by atoms with Gasteiger partial charge in [0.05, 0.1) is 6.20 Å². The zero-order chi connectivity index (χ0) is 14.2. The monoisotopic (exact) mass is 284 g/mol. The Balaban J connectivity index is 1.56. The number of fused-ring (bicyclic) bond motifs is 2. The smallest absolute Gasteiger partial charge is 0.310 e. The number of carbonyl (C=O) groups excluding carboxylic acids is 1. The molecule has 2 fully saturated rings. The SMILES string of the molecule is O=C(c1ncc(-c2cccnc2)o1)N1CCN2CC[C@H]1C2. The zero-order valence-corrected chi connectivity index (χ0v) is 11.6. The number of piperazine rings is 1. The number of pyridine rings is 1. The van der Waals surface area contributed by atoms with Crippen molar-refractivity contribution in [2.45, 2.75) is 12.5 Å². The molecule has 0 spiro atoms. The van der Waals surface area contributed by atoms with Gasteiger partial charge in [0.1, 0.15) is 0 Å². The van der Waals surface area contributed by atoms with Crippen LogP contribution in [0.5, 0.6) is 0 Å². The van der Waals surface area contributed by atoms with Gasteiger partial charge < -0.3 is 9.32 Å². The molecule has 0 aliphatic carbocycles. The van der Waals surface area contributed by atoms with Crippen molar-refractivity contribution in [3.63, 3.8) is 0 Å². The molecule has 0 radical (unpaired) electrons. The highest BCUT2D eigenvalue weighted by Crippen LogP contribution is 2.24. The molecule has 0 N–H and O–H groups in total. The number of rotatable bonds is 2. The second-order valence-electron chi connectivity index (χ2n) is 5.51. The lowest BCUT2D eigenvalue weighted by atomic mass is 10.2. The topological polar surface area (TPSA) is 62.5 Å². The van der Waals surface area contributed by atoms with Gasteiger partial charge in [-0.2, -0.15) is 0 Å². The van der Waals surface area contributed by atoms with Crippen LogP contribution in [0.4, 0.5) is 0 Å². The maximum Gasteiger partial charge on any atom is 0.310 e. The third-order valence-electron chi connectivity index (χ3n) is 4.24. The van der Waals surface area contributed by atoms with Crippen molar-refractivity contribution < 1.29 is 9.21 Å². The summed E-state index contributed by atoms with van der Waals surface area (Å²) in [5.74, 6) is 0.655. The molecule has 108 valence electrons. The van der Waals surface area contributed by atoms with Crippen molar-refractivity contribution >= 4 is 5.91 Å². The summed E-state index contributed by atoms with van der Waals surface area (Å²) in [4.78, 5) is 25.1. The van der Waals surface area contributed by atoms with E-state index in [4.69, 9.17) is 4.42 Å². The summed E-state index contributed by atoms with van der Waals surface area (Å²) < 4.78 is 5.64. The Morgan fingerprint density at radius 2 is 2.24 bits per heavy atom. The largest absolute Gasteiger partial charge is 0.432 e. The summed E-state index contributed by atoms with van der Waals surface area (Å²) in [5.41, 5.74) is 0.828. The molecular weight excluding hydrogens is 268 g/mol. The Morgan fingerprint density at radius 1 is 1.29 bits per heavy atom. The second-order valence-corrected chi connectivity index (χ2v) is 5.51. The number of hydrogen-bond acceptors (Lipinski definition) is 5. The summed E-state index contributed by atoms with van der Waals surface area (Å²) in [6.07, 6.45) is 6.03. The Kier molecular flexibility index (Phi) is 2.96. The number of oxazole rings is 1. The van der Waals surface area contributed by atoms with Crippen LogP contribution in [0.1, 0.15) is 17.1 Å². The van der Waals surface area contributed by atoms with E-state index in [2.05, 4.69) is 14.9 Å². The summed E-state index contributed by atoms with van der Waals surface area (Å²) in [6, 6.07) is 4.02. The Labute approximate surface area is 122 Å². The molecule has 2 aliphatic heterocycles. The maximum absolute atomic E-state index is 12.6. The first-order chi connectivity index (χ1) is 10.3. The van der Waals surface area contributed by atoms with Crippen LogP contribution < -0.4 is 0 Å². The van der Waals surface area contributed by atoms with E-state index < -0.39 is 0 Å². The second kappa shape index (κ2) is 4.96. The molecule has 0 aromatic carbocycles. The number of hydrogen-bond donors (Lipinski definition) is 0. The van der Waals surface area contributed by atoms with E-state index in [0.717, 1.165) is 38.2 Å². The van der Waals surface area contributed by atoms with Crippen LogP contribution in [0.25, 0.3) is 11.3 Å². The minimum Gasteiger partial charge on any atom is -0.432 e. The lowest BCUT2D eigenvalue weighted by molar-refractivity contribution is 0.0570. The van der Waals surface area contributed by atoms with Gasteiger partial charge in [-0.1, -0.05) is 0 Å². The Bertz CT molecular complexity index is 655. The van der Waals surface area contributed by atoms with Gasteiger partial charge in [0.2, 0.25) is 0 Å². The summed E-state index contributed by atoms with van der Waals surface area (Å²) in [5, 5.41) is 0. The van der Waals surface area contributed by atoms with Crippen LogP contribution in [0.15, 0.2) is 35.1 Å². The minimum atomic E-state index is -0.100. The molecule has 2 atom stereocenters. The third kappa shape index (κ3) is 2.21. The van der Waals surface area contributed by atoms with Crippen LogP contribution in [-0.2, 0) is 0 Å². The van der Waals surface area contributed by atoms with E-state index in [9.17, 15) is 4.79 Å². The average molecular weight is 284 g/mol. The van der Waals surface area contributed by atoms with Crippen LogP contribution in [0, 0.1) is 0 Å². The minimum absolute atomic E-state index is 0.100. The molecule has 1 amide bonds. The molecule has 6 nitrogen and oxygen atoms in total. The maximum atomic E-state index is 12.6. The first kappa shape index (κ1) is 12.5. The normalized spacial score (nSPS) is 24.3. The zero-order valence-electron chi connectivity index (χ0n) is 11.6. The van der Waals surface area contributed by atoms with E-state index in [1.807, 2.05) is 17.0 Å². The quantitative estimate of drug-likeness (QED) is 0.831. The fourth-order valence-electron chi connectivity index (χ4n) is 3.11. The molecule has 2 aliphatic rings. The predicted molar refractivity (Wildman–Crippen MR) is 75.6 cm³/mol. The fourth-order valence-corrected chi connectivity index (χ4v) is 3.11. The number of amides is 1. The van der Waals surface area contributed by atoms with E-state index >= 15 is 0 Å². The van der Waals surface area contributed by atoms with Gasteiger partial charge in [-0.15, -0.1) is 0 Å². The molecule has 21 heavy (non-hydrogen) atoms. The average Bonchev–Trinajstić information content (AvgIpc) is 3.15. The highest BCUT2D eigenvalue weighted by molar-refractivity contribution is 5.90. The number of aromatic nitrogens is 2. The molecule has 1 unspecified atom stereocenters. The molecule has 4 rings (SSSR count). The van der Waals surface area contributed by atoms with Crippen LogP contribution >= 0.6 is 0 Å². The third-order valence-corrected chi connectivity index (χ3v) is 4.24. The predicted octanol–water partition coefficient (Wildman–Crippen LogP) is 1.27. The van der Waals surface area contributed by atoms with Gasteiger partial charge in [-0.05, 0) is 18.6 Å². The summed E-state index contributed by atoms with van der Waals surface area (Å²) in [6.45, 7) is 3.76. The Hall–Kier alpha value is -2.21. The highest BCUT2D eigenvalue weighted by Gasteiger charge is 2.36. The van der Waals surface area contributed by atoms with E-state index in [1.165, 1.54) is 0 Å². The molecular formula is C15H16N4O2. The number of nitrogens with zero attached hydrogens (tertiary/aromatic N) is 4. The van der Waals surface area contributed by atoms with Crippen molar-refractivity contribution in [3.05, 3.63) is 36.6 Å². The van der Waals surface area contributed by atoms with Crippen LogP contribution in [-0.4, -0.2) is 57.9 Å². The van der Waals surface area contributed by atoms with E-state index in [-0.39, 0.29) is 11.8 Å². The fraction of sp³-hybridized carbons (Fsp3) is 0.400. The standard InChI is InChI=1S/C15H16N4O2/c20-15(19-7-6-18-5-3-12(19)10-18)14-17-9-13(21-14)11-2-1-4-16-8-11/h1-2,4,8-9,12H,3,5-7,10H2/t12-/m0/s1. The van der Waals surface area contributed by atoms with Gasteiger partial charge in [-0.25, -0.2) is 4.98 Å². The van der Waals surface area contributed by atoms with E-state index in [0.29, 0.717) is 11.8 Å². The van der Waals surface area contributed by atoms with Gasteiger partial charge >= 0.3 is 5.91 Å².